The van der Waals surface area contributed by atoms with Gasteiger partial charge in [-0.05, 0) is 31.0 Å². The molecule has 0 heterocycles. The van der Waals surface area contributed by atoms with E-state index in [1.54, 1.807) is 7.11 Å². The molecular formula is C18H27BrO2. The van der Waals surface area contributed by atoms with Crippen molar-refractivity contribution in [1.29, 1.82) is 0 Å². The number of carbonyl (C=O) groups is 1. The summed E-state index contributed by atoms with van der Waals surface area (Å²) in [7, 11) is 1.62. The Morgan fingerprint density at radius 1 is 1.10 bits per heavy atom. The van der Waals surface area contributed by atoms with E-state index in [1.807, 2.05) is 19.1 Å². The van der Waals surface area contributed by atoms with Gasteiger partial charge in [0.15, 0.2) is 5.78 Å². The van der Waals surface area contributed by atoms with Gasteiger partial charge in [0.25, 0.3) is 0 Å². The Bertz CT molecular complexity index is 455. The predicted molar refractivity (Wildman–Crippen MR) is 92.4 cm³/mol. The van der Waals surface area contributed by atoms with Crippen LogP contribution in [0.1, 0.15) is 74.2 Å². The molecule has 0 aliphatic heterocycles. The number of hydrogen-bond donors (Lipinski definition) is 0. The summed E-state index contributed by atoms with van der Waals surface area (Å²) >= 11 is 3.49. The SMILES string of the molecule is CCCCCCCCCC(=O)c1cc(Br)c(C)cc1OC. The van der Waals surface area contributed by atoms with Gasteiger partial charge in [-0.2, -0.15) is 0 Å². The van der Waals surface area contributed by atoms with E-state index in [1.165, 1.54) is 32.1 Å². The molecule has 0 unspecified atom stereocenters. The molecule has 0 saturated carbocycles. The van der Waals surface area contributed by atoms with E-state index in [9.17, 15) is 4.79 Å². The van der Waals surface area contributed by atoms with Gasteiger partial charge in [-0.1, -0.05) is 61.4 Å². The number of aryl methyl sites for hydroxylation is 1. The van der Waals surface area contributed by atoms with Gasteiger partial charge < -0.3 is 4.74 Å². The summed E-state index contributed by atoms with van der Waals surface area (Å²) < 4.78 is 6.30. The van der Waals surface area contributed by atoms with Crippen molar-refractivity contribution in [1.82, 2.24) is 0 Å². The molecule has 0 fully saturated rings. The predicted octanol–water partition coefficient (Wildman–Crippen LogP) is 6.09. The molecule has 0 atom stereocenters. The number of carbonyl (C=O) groups excluding carboxylic acids is 1. The van der Waals surface area contributed by atoms with Gasteiger partial charge in [0.1, 0.15) is 5.75 Å². The molecule has 21 heavy (non-hydrogen) atoms. The van der Waals surface area contributed by atoms with Crippen LogP contribution < -0.4 is 4.74 Å². The molecule has 0 saturated heterocycles. The molecule has 118 valence electrons. The van der Waals surface area contributed by atoms with Crippen molar-refractivity contribution in [3.05, 3.63) is 27.7 Å². The first-order chi connectivity index (χ1) is 10.1. The lowest BCUT2D eigenvalue weighted by molar-refractivity contribution is 0.0976. The van der Waals surface area contributed by atoms with E-state index >= 15 is 0 Å². The van der Waals surface area contributed by atoms with E-state index in [0.717, 1.165) is 22.9 Å². The Morgan fingerprint density at radius 2 is 1.71 bits per heavy atom. The quantitative estimate of drug-likeness (QED) is 0.375. The van der Waals surface area contributed by atoms with Crippen molar-refractivity contribution in [2.45, 2.75) is 65.2 Å². The van der Waals surface area contributed by atoms with Crippen LogP contribution in [-0.4, -0.2) is 12.9 Å². The Morgan fingerprint density at radius 3 is 2.33 bits per heavy atom. The monoisotopic (exact) mass is 354 g/mol. The summed E-state index contributed by atoms with van der Waals surface area (Å²) in [6, 6.07) is 3.81. The fraction of sp³-hybridized carbons (Fsp3) is 0.611. The minimum atomic E-state index is 0.182. The number of hydrogen-bond acceptors (Lipinski definition) is 2. The Kier molecular flexibility index (Phi) is 8.67. The zero-order chi connectivity index (χ0) is 15.7. The number of unbranched alkanes of at least 4 members (excludes halogenated alkanes) is 6. The summed E-state index contributed by atoms with van der Waals surface area (Å²) in [5.74, 6) is 0.866. The summed E-state index contributed by atoms with van der Waals surface area (Å²) in [4.78, 5) is 12.3. The Labute approximate surface area is 137 Å². The van der Waals surface area contributed by atoms with E-state index in [2.05, 4.69) is 22.9 Å². The number of ether oxygens (including phenoxy) is 1. The Hall–Kier alpha value is -0.830. The molecule has 1 rings (SSSR count). The van der Waals surface area contributed by atoms with Crippen molar-refractivity contribution < 1.29 is 9.53 Å². The van der Waals surface area contributed by atoms with Crippen LogP contribution in [0, 0.1) is 6.92 Å². The van der Waals surface area contributed by atoms with Crippen molar-refractivity contribution in [3.63, 3.8) is 0 Å². The second kappa shape index (κ2) is 9.99. The van der Waals surface area contributed by atoms with Gasteiger partial charge in [-0.15, -0.1) is 0 Å². The molecule has 2 nitrogen and oxygen atoms in total. The first-order valence-electron chi connectivity index (χ1n) is 7.97. The molecule has 0 N–H and O–H groups in total. The third kappa shape index (κ3) is 6.21. The number of halogens is 1. The van der Waals surface area contributed by atoms with Gasteiger partial charge in [0.05, 0.1) is 12.7 Å². The summed E-state index contributed by atoms with van der Waals surface area (Å²) in [6.45, 7) is 4.23. The van der Waals surface area contributed by atoms with E-state index in [4.69, 9.17) is 4.74 Å². The van der Waals surface area contributed by atoms with Crippen molar-refractivity contribution >= 4 is 21.7 Å². The van der Waals surface area contributed by atoms with Crippen LogP contribution in [0.15, 0.2) is 16.6 Å². The standard InChI is InChI=1S/C18H27BrO2/c1-4-5-6-7-8-9-10-11-17(20)15-13-16(19)14(2)12-18(15)21-3/h12-13H,4-11H2,1-3H3. The molecule has 0 bridgehead atoms. The number of Topliss-reactive ketones (excluding diaryl/α,β-unsaturated/α-hetero) is 1. The zero-order valence-electron chi connectivity index (χ0n) is 13.5. The van der Waals surface area contributed by atoms with E-state index in [0.29, 0.717) is 17.7 Å². The number of ketones is 1. The van der Waals surface area contributed by atoms with Crippen LogP contribution in [0.5, 0.6) is 5.75 Å². The first-order valence-corrected chi connectivity index (χ1v) is 8.76. The maximum Gasteiger partial charge on any atom is 0.166 e. The summed E-state index contributed by atoms with van der Waals surface area (Å²) in [5, 5.41) is 0. The summed E-state index contributed by atoms with van der Waals surface area (Å²) in [5.41, 5.74) is 1.78. The third-order valence-corrected chi connectivity index (χ3v) is 4.64. The average Bonchev–Trinajstić information content (AvgIpc) is 2.48. The second-order valence-corrected chi connectivity index (χ2v) is 6.45. The third-order valence-electron chi connectivity index (χ3n) is 3.79. The highest BCUT2D eigenvalue weighted by molar-refractivity contribution is 9.10. The molecule has 0 aromatic heterocycles. The van der Waals surface area contributed by atoms with Crippen LogP contribution in [-0.2, 0) is 0 Å². The molecule has 0 spiro atoms. The molecule has 0 amide bonds. The topological polar surface area (TPSA) is 26.3 Å². The van der Waals surface area contributed by atoms with Crippen molar-refractivity contribution in [2.75, 3.05) is 7.11 Å². The average molecular weight is 355 g/mol. The van der Waals surface area contributed by atoms with E-state index < -0.39 is 0 Å². The summed E-state index contributed by atoms with van der Waals surface area (Å²) in [6.07, 6.45) is 9.19. The largest absolute Gasteiger partial charge is 0.496 e. The molecular weight excluding hydrogens is 328 g/mol. The number of methoxy groups -OCH3 is 1. The molecule has 3 heteroatoms. The van der Waals surface area contributed by atoms with Gasteiger partial charge in [0, 0.05) is 10.9 Å². The van der Waals surface area contributed by atoms with Crippen molar-refractivity contribution in [2.24, 2.45) is 0 Å². The molecule has 0 radical (unpaired) electrons. The fourth-order valence-electron chi connectivity index (χ4n) is 2.42. The van der Waals surface area contributed by atoms with Crippen LogP contribution >= 0.6 is 15.9 Å². The zero-order valence-corrected chi connectivity index (χ0v) is 15.1. The van der Waals surface area contributed by atoms with Crippen molar-refractivity contribution in [3.8, 4) is 5.75 Å². The Balaban J connectivity index is 2.43. The highest BCUT2D eigenvalue weighted by Crippen LogP contribution is 2.28. The smallest absolute Gasteiger partial charge is 0.166 e. The minimum absolute atomic E-state index is 0.182. The molecule has 0 aliphatic carbocycles. The maximum absolute atomic E-state index is 12.3. The normalized spacial score (nSPS) is 10.7. The maximum atomic E-state index is 12.3. The first kappa shape index (κ1) is 18.2. The highest BCUT2D eigenvalue weighted by atomic mass is 79.9. The fourth-order valence-corrected chi connectivity index (χ4v) is 2.76. The van der Waals surface area contributed by atoms with Gasteiger partial charge in [0.2, 0.25) is 0 Å². The lowest BCUT2D eigenvalue weighted by atomic mass is 10.0. The second-order valence-electron chi connectivity index (χ2n) is 5.60. The van der Waals surface area contributed by atoms with Gasteiger partial charge >= 0.3 is 0 Å². The van der Waals surface area contributed by atoms with Crippen LogP contribution in [0.25, 0.3) is 0 Å². The van der Waals surface area contributed by atoms with Crippen LogP contribution in [0.4, 0.5) is 0 Å². The molecule has 1 aromatic carbocycles. The lowest BCUT2D eigenvalue weighted by Gasteiger charge is -2.10. The van der Waals surface area contributed by atoms with Gasteiger partial charge in [-0.25, -0.2) is 0 Å². The molecule has 0 aliphatic rings. The van der Waals surface area contributed by atoms with Gasteiger partial charge in [-0.3, -0.25) is 4.79 Å². The highest BCUT2D eigenvalue weighted by Gasteiger charge is 2.14. The minimum Gasteiger partial charge on any atom is -0.496 e. The lowest BCUT2D eigenvalue weighted by Crippen LogP contribution is -2.03. The molecule has 1 aromatic rings. The van der Waals surface area contributed by atoms with E-state index in [-0.39, 0.29) is 5.78 Å². The van der Waals surface area contributed by atoms with Crippen LogP contribution in [0.3, 0.4) is 0 Å². The number of rotatable bonds is 10. The van der Waals surface area contributed by atoms with Crippen LogP contribution in [0.2, 0.25) is 0 Å². The number of benzene rings is 1.